The van der Waals surface area contributed by atoms with Crippen LogP contribution in [0.5, 0.6) is 0 Å². The van der Waals surface area contributed by atoms with Gasteiger partial charge >= 0.3 is 0 Å². The lowest BCUT2D eigenvalue weighted by Crippen LogP contribution is -2.38. The lowest BCUT2D eigenvalue weighted by molar-refractivity contribution is -0.122. The molecule has 31 heavy (non-hydrogen) atoms. The van der Waals surface area contributed by atoms with Gasteiger partial charge in [-0.3, -0.25) is 4.79 Å². The minimum atomic E-state index is 0.289. The summed E-state index contributed by atoms with van der Waals surface area (Å²) in [7, 11) is 0. The zero-order valence-corrected chi connectivity index (χ0v) is 19.1. The standard InChI is InChI=1S/C25H34ClN3O2/c26-20-5-8-22-23(16-20)31-28-25(22)19-10-13-29(14-11-19)12-9-17-3-6-21(7-4-17)27-24(30)15-18-1-2-18/h5,8,16-19,21H,1-4,6-7,9-15H2,(H,27,30). The number of nitrogens with zero attached hydrogens (tertiary/aromatic N) is 2. The molecule has 0 spiro atoms. The molecular formula is C25H34ClN3O2. The van der Waals surface area contributed by atoms with Crippen molar-refractivity contribution < 1.29 is 9.32 Å². The molecule has 0 radical (unpaired) electrons. The summed E-state index contributed by atoms with van der Waals surface area (Å²) in [5.74, 6) is 2.27. The molecule has 6 heteroatoms. The Balaban J connectivity index is 1.02. The van der Waals surface area contributed by atoms with E-state index in [0.717, 1.165) is 67.8 Å². The molecule has 1 saturated heterocycles. The van der Waals surface area contributed by atoms with Crippen LogP contribution in [-0.4, -0.2) is 41.6 Å². The number of hydrogen-bond donors (Lipinski definition) is 1. The SMILES string of the molecule is O=C(CC1CC1)NC1CCC(CCN2CCC(c3noc4cc(Cl)ccc34)CC2)CC1. The van der Waals surface area contributed by atoms with Gasteiger partial charge in [-0.25, -0.2) is 0 Å². The van der Waals surface area contributed by atoms with Crippen LogP contribution in [-0.2, 0) is 4.79 Å². The lowest BCUT2D eigenvalue weighted by Gasteiger charge is -2.34. The highest BCUT2D eigenvalue weighted by Crippen LogP contribution is 2.35. The molecule has 2 saturated carbocycles. The van der Waals surface area contributed by atoms with Crippen molar-refractivity contribution in [2.24, 2.45) is 11.8 Å². The van der Waals surface area contributed by atoms with Crippen LogP contribution in [0, 0.1) is 11.8 Å². The first-order valence-electron chi connectivity index (χ1n) is 12.2. The summed E-state index contributed by atoms with van der Waals surface area (Å²) >= 11 is 6.07. The number of piperidine rings is 1. The maximum Gasteiger partial charge on any atom is 0.220 e. The zero-order valence-electron chi connectivity index (χ0n) is 18.3. The van der Waals surface area contributed by atoms with E-state index in [1.807, 2.05) is 18.2 Å². The van der Waals surface area contributed by atoms with Crippen LogP contribution in [0.3, 0.4) is 0 Å². The predicted molar refractivity (Wildman–Crippen MR) is 123 cm³/mol. The van der Waals surface area contributed by atoms with Crippen LogP contribution in [0.1, 0.15) is 75.8 Å². The van der Waals surface area contributed by atoms with E-state index < -0.39 is 0 Å². The second-order valence-electron chi connectivity index (χ2n) is 10.0. The highest BCUT2D eigenvalue weighted by molar-refractivity contribution is 6.31. The van der Waals surface area contributed by atoms with Crippen LogP contribution in [0.4, 0.5) is 0 Å². The predicted octanol–water partition coefficient (Wildman–Crippen LogP) is 5.53. The van der Waals surface area contributed by atoms with Crippen molar-refractivity contribution in [2.45, 2.75) is 76.2 Å². The number of fused-ring (bicyclic) bond motifs is 1. The van der Waals surface area contributed by atoms with Gasteiger partial charge in [0, 0.05) is 34.9 Å². The summed E-state index contributed by atoms with van der Waals surface area (Å²) < 4.78 is 5.52. The Morgan fingerprint density at radius 3 is 2.55 bits per heavy atom. The molecule has 5 nitrogen and oxygen atoms in total. The first-order chi connectivity index (χ1) is 15.1. The molecule has 2 heterocycles. The largest absolute Gasteiger partial charge is 0.356 e. The fraction of sp³-hybridized carbons (Fsp3) is 0.680. The summed E-state index contributed by atoms with van der Waals surface area (Å²) in [6, 6.07) is 6.24. The lowest BCUT2D eigenvalue weighted by atomic mass is 9.83. The third kappa shape index (κ3) is 5.43. The summed E-state index contributed by atoms with van der Waals surface area (Å²) in [6.07, 6.45) is 11.7. The van der Waals surface area contributed by atoms with Crippen LogP contribution < -0.4 is 5.32 Å². The van der Waals surface area contributed by atoms with Gasteiger partial charge in [-0.15, -0.1) is 0 Å². The van der Waals surface area contributed by atoms with Gasteiger partial charge in [0.05, 0.1) is 5.69 Å². The molecule has 1 aromatic carbocycles. The highest BCUT2D eigenvalue weighted by atomic mass is 35.5. The number of amides is 1. The number of rotatable bonds is 7. The third-order valence-electron chi connectivity index (χ3n) is 7.67. The van der Waals surface area contributed by atoms with Crippen molar-refractivity contribution >= 4 is 28.5 Å². The van der Waals surface area contributed by atoms with E-state index in [0.29, 0.717) is 22.9 Å². The Hall–Kier alpha value is -1.59. The Labute approximate surface area is 189 Å². The van der Waals surface area contributed by atoms with E-state index in [9.17, 15) is 4.79 Å². The van der Waals surface area contributed by atoms with E-state index in [1.54, 1.807) is 0 Å². The van der Waals surface area contributed by atoms with E-state index in [2.05, 4.69) is 15.4 Å². The van der Waals surface area contributed by atoms with Crippen molar-refractivity contribution in [3.8, 4) is 0 Å². The monoisotopic (exact) mass is 443 g/mol. The second kappa shape index (κ2) is 9.50. The molecule has 1 N–H and O–H groups in total. The summed E-state index contributed by atoms with van der Waals surface area (Å²) in [5, 5.41) is 9.46. The van der Waals surface area contributed by atoms with Gasteiger partial charge in [-0.2, -0.15) is 0 Å². The van der Waals surface area contributed by atoms with E-state index in [1.165, 1.54) is 38.6 Å². The first kappa shape index (κ1) is 21.3. The summed E-state index contributed by atoms with van der Waals surface area (Å²) in [5.41, 5.74) is 1.90. The molecule has 3 fully saturated rings. The fourth-order valence-electron chi connectivity index (χ4n) is 5.49. The number of carbonyl (C=O) groups excluding carboxylic acids is 1. The maximum absolute atomic E-state index is 12.0. The quantitative estimate of drug-likeness (QED) is 0.611. The van der Waals surface area contributed by atoms with Crippen molar-refractivity contribution in [2.75, 3.05) is 19.6 Å². The van der Waals surface area contributed by atoms with Crippen molar-refractivity contribution in [1.29, 1.82) is 0 Å². The second-order valence-corrected chi connectivity index (χ2v) is 10.5. The maximum atomic E-state index is 12.0. The van der Waals surface area contributed by atoms with E-state index in [4.69, 9.17) is 16.1 Å². The number of benzene rings is 1. The highest BCUT2D eigenvalue weighted by Gasteiger charge is 2.28. The molecule has 1 aromatic heterocycles. The van der Waals surface area contributed by atoms with Crippen LogP contribution in [0.2, 0.25) is 5.02 Å². The van der Waals surface area contributed by atoms with Gasteiger partial charge in [0.15, 0.2) is 5.58 Å². The topological polar surface area (TPSA) is 58.4 Å². The Morgan fingerprint density at radius 1 is 1.06 bits per heavy atom. The molecule has 0 unspecified atom stereocenters. The van der Waals surface area contributed by atoms with Gasteiger partial charge in [0.2, 0.25) is 5.91 Å². The number of likely N-dealkylation sites (tertiary alicyclic amines) is 1. The molecule has 3 aliphatic rings. The normalized spacial score (nSPS) is 25.7. The molecule has 1 amide bonds. The third-order valence-corrected chi connectivity index (χ3v) is 7.91. The van der Waals surface area contributed by atoms with Crippen LogP contribution >= 0.6 is 11.6 Å². The van der Waals surface area contributed by atoms with Crippen LogP contribution in [0.15, 0.2) is 22.7 Å². The molecule has 1 aliphatic heterocycles. The van der Waals surface area contributed by atoms with Crippen LogP contribution in [0.25, 0.3) is 11.0 Å². The number of carbonyl (C=O) groups is 1. The summed E-state index contributed by atoms with van der Waals surface area (Å²) in [4.78, 5) is 14.7. The molecule has 0 atom stereocenters. The molecular weight excluding hydrogens is 410 g/mol. The number of nitrogens with one attached hydrogen (secondary N) is 1. The van der Waals surface area contributed by atoms with Gasteiger partial charge in [0.1, 0.15) is 0 Å². The molecule has 2 aromatic rings. The van der Waals surface area contributed by atoms with E-state index in [-0.39, 0.29) is 5.91 Å². The van der Waals surface area contributed by atoms with Gasteiger partial charge in [-0.05, 0) is 101 Å². The molecule has 5 rings (SSSR count). The van der Waals surface area contributed by atoms with Gasteiger partial charge in [0.25, 0.3) is 0 Å². The average molecular weight is 444 g/mol. The first-order valence-corrected chi connectivity index (χ1v) is 12.6. The van der Waals surface area contributed by atoms with E-state index >= 15 is 0 Å². The molecule has 0 bridgehead atoms. The van der Waals surface area contributed by atoms with Gasteiger partial charge < -0.3 is 14.7 Å². The van der Waals surface area contributed by atoms with Gasteiger partial charge in [-0.1, -0.05) is 16.8 Å². The van der Waals surface area contributed by atoms with Crippen molar-refractivity contribution in [1.82, 2.24) is 15.4 Å². The smallest absolute Gasteiger partial charge is 0.220 e. The van der Waals surface area contributed by atoms with Crippen molar-refractivity contribution in [3.63, 3.8) is 0 Å². The van der Waals surface area contributed by atoms with Crippen molar-refractivity contribution in [3.05, 3.63) is 28.9 Å². The Morgan fingerprint density at radius 2 is 1.81 bits per heavy atom. The zero-order chi connectivity index (χ0) is 21.2. The molecule has 168 valence electrons. The Kier molecular flexibility index (Phi) is 6.51. The minimum absolute atomic E-state index is 0.289. The summed E-state index contributed by atoms with van der Waals surface area (Å²) in [6.45, 7) is 3.48. The number of halogens is 1. The fourth-order valence-corrected chi connectivity index (χ4v) is 5.65. The number of aromatic nitrogens is 1. The number of hydrogen-bond acceptors (Lipinski definition) is 4. The average Bonchev–Trinajstić information content (AvgIpc) is 3.49. The Bertz CT molecular complexity index is 893. The molecule has 2 aliphatic carbocycles. The minimum Gasteiger partial charge on any atom is -0.356 e.